The van der Waals surface area contributed by atoms with Crippen LogP contribution in [0.5, 0.6) is 0 Å². The Morgan fingerprint density at radius 1 is 1.40 bits per heavy atom. The molecule has 104 valence electrons. The number of aromatic nitrogens is 3. The lowest BCUT2D eigenvalue weighted by molar-refractivity contribution is 0.628. The Morgan fingerprint density at radius 3 is 2.85 bits per heavy atom. The number of nitrogens with zero attached hydrogens (tertiary/aromatic N) is 3. The lowest BCUT2D eigenvalue weighted by Gasteiger charge is -2.14. The lowest BCUT2D eigenvalue weighted by Crippen LogP contribution is -2.09. The van der Waals surface area contributed by atoms with Gasteiger partial charge < -0.3 is 4.57 Å². The summed E-state index contributed by atoms with van der Waals surface area (Å²) < 4.78 is 15.8. The lowest BCUT2D eigenvalue weighted by atomic mass is 10.2. The summed E-state index contributed by atoms with van der Waals surface area (Å²) >= 11 is 7.56. The molecule has 0 amide bonds. The maximum Gasteiger partial charge on any atom is 0.151 e. The first-order chi connectivity index (χ1) is 9.61. The van der Waals surface area contributed by atoms with E-state index >= 15 is 0 Å². The minimum atomic E-state index is -0.324. The smallest absolute Gasteiger partial charge is 0.151 e. The molecule has 2 aromatic heterocycles. The molecule has 0 saturated carbocycles. The largest absolute Gasteiger partial charge is 0.317 e. The molecule has 0 radical (unpaired) electrons. The number of aryl methyl sites for hydroxylation is 1. The molecule has 1 atom stereocenters. The number of thiazole rings is 1. The molecular weight excluding hydrogens is 297 g/mol. The van der Waals surface area contributed by atoms with E-state index < -0.39 is 0 Å². The molecule has 1 unspecified atom stereocenters. The van der Waals surface area contributed by atoms with Crippen molar-refractivity contribution < 1.29 is 4.39 Å². The van der Waals surface area contributed by atoms with Crippen molar-refractivity contribution in [2.45, 2.75) is 25.8 Å². The van der Waals surface area contributed by atoms with Gasteiger partial charge in [0.2, 0.25) is 0 Å². The van der Waals surface area contributed by atoms with Crippen molar-refractivity contribution in [1.82, 2.24) is 14.5 Å². The van der Waals surface area contributed by atoms with Gasteiger partial charge in [0.25, 0.3) is 0 Å². The van der Waals surface area contributed by atoms with Crippen LogP contribution in [-0.4, -0.2) is 14.5 Å². The third kappa shape index (κ3) is 2.11. The summed E-state index contributed by atoms with van der Waals surface area (Å²) in [5.74, 6) is 0.574. The van der Waals surface area contributed by atoms with Crippen LogP contribution in [0.25, 0.3) is 11.0 Å². The van der Waals surface area contributed by atoms with Crippen LogP contribution in [0.2, 0.25) is 0 Å². The summed E-state index contributed by atoms with van der Waals surface area (Å²) in [7, 11) is 0. The molecule has 3 nitrogen and oxygen atoms in total. The zero-order valence-electron chi connectivity index (χ0n) is 11.1. The summed E-state index contributed by atoms with van der Waals surface area (Å²) in [5.41, 5.74) is 2.10. The second kappa shape index (κ2) is 5.14. The topological polar surface area (TPSA) is 30.7 Å². The standard InChI is InChI=1S/C14H13ClFN3S/c1-8-7-20-14(17-8)9(2)19-11-5-3-4-10(16)13(11)18-12(19)6-15/h3-5,7,9H,6H2,1-2H3. The first kappa shape index (κ1) is 13.5. The number of alkyl halides is 1. The van der Waals surface area contributed by atoms with E-state index in [-0.39, 0.29) is 17.7 Å². The third-order valence-electron chi connectivity index (χ3n) is 3.24. The average molecular weight is 310 g/mol. The Morgan fingerprint density at radius 2 is 2.20 bits per heavy atom. The second-order valence-corrected chi connectivity index (χ2v) is 5.80. The van der Waals surface area contributed by atoms with E-state index in [0.29, 0.717) is 11.3 Å². The number of hydrogen-bond acceptors (Lipinski definition) is 3. The van der Waals surface area contributed by atoms with Crippen LogP contribution in [0.15, 0.2) is 23.6 Å². The van der Waals surface area contributed by atoms with Gasteiger partial charge in [-0.15, -0.1) is 22.9 Å². The van der Waals surface area contributed by atoms with Crippen LogP contribution in [-0.2, 0) is 5.88 Å². The Balaban J connectivity index is 2.21. The fourth-order valence-corrected chi connectivity index (χ4v) is 3.36. The van der Waals surface area contributed by atoms with Gasteiger partial charge in [-0.05, 0) is 26.0 Å². The Hall–Kier alpha value is -1.46. The quantitative estimate of drug-likeness (QED) is 0.676. The first-order valence-corrected chi connectivity index (χ1v) is 7.66. The fourth-order valence-electron chi connectivity index (χ4n) is 2.33. The zero-order valence-corrected chi connectivity index (χ0v) is 12.7. The van der Waals surface area contributed by atoms with Crippen LogP contribution in [0.4, 0.5) is 4.39 Å². The molecule has 0 bridgehead atoms. The van der Waals surface area contributed by atoms with Gasteiger partial charge in [0.1, 0.15) is 16.3 Å². The summed E-state index contributed by atoms with van der Waals surface area (Å²) in [4.78, 5) is 8.82. The van der Waals surface area contributed by atoms with E-state index in [1.807, 2.05) is 29.9 Å². The summed E-state index contributed by atoms with van der Waals surface area (Å²) in [6.45, 7) is 3.99. The monoisotopic (exact) mass is 309 g/mol. The number of imidazole rings is 1. The van der Waals surface area contributed by atoms with Gasteiger partial charge in [0.05, 0.1) is 17.4 Å². The molecule has 3 aromatic rings. The highest BCUT2D eigenvalue weighted by Crippen LogP contribution is 2.29. The van der Waals surface area contributed by atoms with Crippen LogP contribution >= 0.6 is 22.9 Å². The molecular formula is C14H13ClFN3S. The molecule has 0 N–H and O–H groups in total. The zero-order chi connectivity index (χ0) is 14.3. The van der Waals surface area contributed by atoms with Crippen molar-refractivity contribution >= 4 is 34.0 Å². The van der Waals surface area contributed by atoms with Crippen molar-refractivity contribution in [1.29, 1.82) is 0 Å². The summed E-state index contributed by atoms with van der Waals surface area (Å²) in [6, 6.07) is 4.94. The van der Waals surface area contributed by atoms with Crippen molar-refractivity contribution in [2.75, 3.05) is 0 Å². The van der Waals surface area contributed by atoms with Crippen molar-refractivity contribution in [3.05, 3.63) is 45.9 Å². The molecule has 0 aliphatic heterocycles. The fraction of sp³-hybridized carbons (Fsp3) is 0.286. The summed E-state index contributed by atoms with van der Waals surface area (Å²) in [6.07, 6.45) is 0. The number of benzene rings is 1. The first-order valence-electron chi connectivity index (χ1n) is 6.25. The molecule has 0 spiro atoms. The maximum absolute atomic E-state index is 13.9. The minimum absolute atomic E-state index is 0.0192. The Labute approximate surface area is 125 Å². The van der Waals surface area contributed by atoms with Crippen molar-refractivity contribution in [2.24, 2.45) is 0 Å². The van der Waals surface area contributed by atoms with Crippen molar-refractivity contribution in [3.63, 3.8) is 0 Å². The predicted molar refractivity (Wildman–Crippen MR) is 79.9 cm³/mol. The van der Waals surface area contributed by atoms with Gasteiger partial charge in [-0.2, -0.15) is 0 Å². The highest BCUT2D eigenvalue weighted by atomic mass is 35.5. The van der Waals surface area contributed by atoms with Gasteiger partial charge in [-0.25, -0.2) is 14.4 Å². The maximum atomic E-state index is 13.9. The number of hydrogen-bond donors (Lipinski definition) is 0. The van der Waals surface area contributed by atoms with E-state index in [4.69, 9.17) is 11.6 Å². The Bertz CT molecular complexity index is 765. The molecule has 0 saturated heterocycles. The molecule has 2 heterocycles. The third-order valence-corrected chi connectivity index (χ3v) is 4.62. The van der Waals surface area contributed by atoms with Crippen LogP contribution in [0.1, 0.15) is 29.5 Å². The Kier molecular flexibility index (Phi) is 3.48. The van der Waals surface area contributed by atoms with Crippen LogP contribution < -0.4 is 0 Å². The molecule has 3 rings (SSSR count). The highest BCUT2D eigenvalue weighted by Gasteiger charge is 2.20. The van der Waals surface area contributed by atoms with Gasteiger partial charge in [-0.1, -0.05) is 6.07 Å². The van der Waals surface area contributed by atoms with Gasteiger partial charge in [0.15, 0.2) is 5.82 Å². The number of halogens is 2. The minimum Gasteiger partial charge on any atom is -0.317 e. The van der Waals surface area contributed by atoms with Gasteiger partial charge in [-0.3, -0.25) is 0 Å². The molecule has 0 aliphatic carbocycles. The number of para-hydroxylation sites is 1. The van der Waals surface area contributed by atoms with Crippen LogP contribution in [0.3, 0.4) is 0 Å². The van der Waals surface area contributed by atoms with E-state index in [9.17, 15) is 4.39 Å². The molecule has 0 aliphatic rings. The van der Waals surface area contributed by atoms with Gasteiger partial charge >= 0.3 is 0 Å². The number of fused-ring (bicyclic) bond motifs is 1. The van der Waals surface area contributed by atoms with E-state index in [2.05, 4.69) is 9.97 Å². The average Bonchev–Trinajstić information content (AvgIpc) is 3.02. The molecule has 1 aromatic carbocycles. The van der Waals surface area contributed by atoms with E-state index in [1.54, 1.807) is 17.4 Å². The van der Waals surface area contributed by atoms with Crippen molar-refractivity contribution in [3.8, 4) is 0 Å². The molecule has 20 heavy (non-hydrogen) atoms. The SMILES string of the molecule is Cc1csc(C(C)n2c(CCl)nc3c(F)cccc32)n1. The second-order valence-electron chi connectivity index (χ2n) is 4.64. The van der Waals surface area contributed by atoms with E-state index in [0.717, 1.165) is 16.2 Å². The summed E-state index contributed by atoms with van der Waals surface area (Å²) in [5, 5.41) is 2.98. The number of rotatable bonds is 3. The predicted octanol–water partition coefficient (Wildman–Crippen LogP) is 4.29. The highest BCUT2D eigenvalue weighted by molar-refractivity contribution is 7.09. The molecule has 6 heteroatoms. The van der Waals surface area contributed by atoms with E-state index in [1.165, 1.54) is 6.07 Å². The van der Waals surface area contributed by atoms with Crippen LogP contribution in [0, 0.1) is 12.7 Å². The normalized spacial score (nSPS) is 13.0. The molecule has 0 fully saturated rings. The van der Waals surface area contributed by atoms with Gasteiger partial charge in [0, 0.05) is 11.1 Å².